The highest BCUT2D eigenvalue weighted by Gasteiger charge is 2.48. The van der Waals surface area contributed by atoms with Crippen molar-refractivity contribution in [3.63, 3.8) is 0 Å². The van der Waals surface area contributed by atoms with Crippen molar-refractivity contribution in [1.82, 2.24) is 5.06 Å². The van der Waals surface area contributed by atoms with Crippen molar-refractivity contribution in [3.8, 4) is 6.07 Å². The molecule has 1 saturated carbocycles. The number of nitrogens with zero attached hydrogens (tertiary/aromatic N) is 2. The Labute approximate surface area is 147 Å². The Morgan fingerprint density at radius 2 is 1.81 bits per heavy atom. The summed E-state index contributed by atoms with van der Waals surface area (Å²) >= 11 is 0. The maximum absolute atomic E-state index is 13.7. The first-order valence-corrected chi connectivity index (χ1v) is 7.90. The molecule has 2 unspecified atom stereocenters. The summed E-state index contributed by atoms with van der Waals surface area (Å²) in [5.41, 5.74) is 0.879. The maximum Gasteiger partial charge on any atom is 0.336 e. The maximum atomic E-state index is 13.7. The fraction of sp³-hybridized carbons (Fsp3) is 0.158. The monoisotopic (exact) mass is 350 g/mol. The van der Waals surface area contributed by atoms with E-state index in [0.29, 0.717) is 17.0 Å². The SMILES string of the molecule is N#Cc1ccc(C2CC2C(=O)ON2C(=O)c3ccccc3C2=O)cc1F. The number of amides is 2. The van der Waals surface area contributed by atoms with Gasteiger partial charge in [-0.15, -0.1) is 0 Å². The van der Waals surface area contributed by atoms with Crippen LogP contribution >= 0.6 is 0 Å². The molecular weight excluding hydrogens is 339 g/mol. The van der Waals surface area contributed by atoms with Crippen LogP contribution in [-0.4, -0.2) is 22.8 Å². The summed E-state index contributed by atoms with van der Waals surface area (Å²) in [6.45, 7) is 0. The molecule has 2 aromatic carbocycles. The number of rotatable bonds is 3. The Bertz CT molecular complexity index is 976. The fourth-order valence-corrected chi connectivity index (χ4v) is 3.08. The summed E-state index contributed by atoms with van der Waals surface area (Å²) in [6, 6.07) is 12.1. The number of halogens is 1. The third kappa shape index (κ3) is 2.43. The van der Waals surface area contributed by atoms with Crippen LogP contribution < -0.4 is 0 Å². The van der Waals surface area contributed by atoms with E-state index in [1.54, 1.807) is 24.3 Å². The number of fused-ring (bicyclic) bond motifs is 1. The summed E-state index contributed by atoms with van der Waals surface area (Å²) < 4.78 is 13.7. The van der Waals surface area contributed by atoms with Crippen LogP contribution in [0.3, 0.4) is 0 Å². The van der Waals surface area contributed by atoms with Gasteiger partial charge in [-0.1, -0.05) is 23.3 Å². The first kappa shape index (κ1) is 16.0. The van der Waals surface area contributed by atoms with Crippen LogP contribution in [0.4, 0.5) is 4.39 Å². The summed E-state index contributed by atoms with van der Waals surface area (Å²) in [6.07, 6.45) is 0.424. The van der Waals surface area contributed by atoms with E-state index in [1.807, 2.05) is 0 Å². The lowest BCUT2D eigenvalue weighted by atomic mass is 10.1. The van der Waals surface area contributed by atoms with E-state index in [4.69, 9.17) is 10.1 Å². The number of hydrogen-bond acceptors (Lipinski definition) is 5. The van der Waals surface area contributed by atoms with Crippen LogP contribution in [-0.2, 0) is 9.63 Å². The third-order valence-electron chi connectivity index (χ3n) is 4.57. The van der Waals surface area contributed by atoms with E-state index in [2.05, 4.69) is 0 Å². The van der Waals surface area contributed by atoms with E-state index in [0.717, 1.165) is 0 Å². The predicted octanol–water partition coefficient (Wildman–Crippen LogP) is 2.56. The standard InChI is InChI=1S/C19H11FN2O4/c20-16-7-10(5-6-11(16)9-21)14-8-15(14)19(25)26-22-17(23)12-3-1-2-4-13(12)18(22)24/h1-7,14-15H,8H2. The van der Waals surface area contributed by atoms with Gasteiger partial charge < -0.3 is 4.84 Å². The van der Waals surface area contributed by atoms with Crippen LogP contribution in [0.5, 0.6) is 0 Å². The minimum Gasteiger partial charge on any atom is -0.329 e. The zero-order chi connectivity index (χ0) is 18.4. The molecule has 2 aromatic rings. The second kappa shape index (κ2) is 5.77. The molecular formula is C19H11FN2O4. The van der Waals surface area contributed by atoms with Crippen molar-refractivity contribution < 1.29 is 23.6 Å². The van der Waals surface area contributed by atoms with E-state index < -0.39 is 29.5 Å². The molecule has 6 nitrogen and oxygen atoms in total. The largest absolute Gasteiger partial charge is 0.336 e. The number of imide groups is 1. The number of hydrogen-bond donors (Lipinski definition) is 0. The topological polar surface area (TPSA) is 87.5 Å². The summed E-state index contributed by atoms with van der Waals surface area (Å²) in [5, 5.41) is 9.23. The number of carbonyl (C=O) groups excluding carboxylic acids is 3. The van der Waals surface area contributed by atoms with Gasteiger partial charge in [-0.3, -0.25) is 9.59 Å². The van der Waals surface area contributed by atoms with Gasteiger partial charge in [0, 0.05) is 0 Å². The van der Waals surface area contributed by atoms with E-state index in [-0.39, 0.29) is 22.6 Å². The third-order valence-corrected chi connectivity index (χ3v) is 4.57. The van der Waals surface area contributed by atoms with Gasteiger partial charge in [0.25, 0.3) is 11.8 Å². The summed E-state index contributed by atoms with van der Waals surface area (Å²) in [4.78, 5) is 41.7. The lowest BCUT2D eigenvalue weighted by molar-refractivity contribution is -0.170. The van der Waals surface area contributed by atoms with Gasteiger partial charge >= 0.3 is 5.97 Å². The first-order valence-electron chi connectivity index (χ1n) is 7.90. The molecule has 26 heavy (non-hydrogen) atoms. The fourth-order valence-electron chi connectivity index (χ4n) is 3.08. The van der Waals surface area contributed by atoms with Crippen molar-refractivity contribution in [2.45, 2.75) is 12.3 Å². The quantitative estimate of drug-likeness (QED) is 0.794. The zero-order valence-electron chi connectivity index (χ0n) is 13.3. The molecule has 7 heteroatoms. The van der Waals surface area contributed by atoms with Gasteiger partial charge in [0.05, 0.1) is 22.6 Å². The molecule has 2 amide bonds. The van der Waals surface area contributed by atoms with E-state index in [1.165, 1.54) is 24.3 Å². The zero-order valence-corrected chi connectivity index (χ0v) is 13.3. The minimum atomic E-state index is -0.714. The molecule has 1 heterocycles. The highest BCUT2D eigenvalue weighted by molar-refractivity contribution is 6.20. The Kier molecular flexibility index (Phi) is 3.55. The molecule has 1 fully saturated rings. The van der Waals surface area contributed by atoms with Gasteiger partial charge in [-0.25, -0.2) is 9.18 Å². The number of carbonyl (C=O) groups is 3. The molecule has 4 rings (SSSR count). The van der Waals surface area contributed by atoms with E-state index >= 15 is 0 Å². The number of nitriles is 1. The Hall–Kier alpha value is -3.53. The first-order chi connectivity index (χ1) is 12.5. The molecule has 0 N–H and O–H groups in total. The lowest BCUT2D eigenvalue weighted by Gasteiger charge is -2.12. The molecule has 0 spiro atoms. The van der Waals surface area contributed by atoms with E-state index in [9.17, 15) is 18.8 Å². The molecule has 0 bridgehead atoms. The van der Waals surface area contributed by atoms with Gasteiger partial charge in [-0.05, 0) is 42.2 Å². The predicted molar refractivity (Wildman–Crippen MR) is 85.0 cm³/mol. The molecule has 0 aromatic heterocycles. The average Bonchev–Trinajstić information content (AvgIpc) is 3.42. The Morgan fingerprint density at radius 3 is 2.38 bits per heavy atom. The van der Waals surface area contributed by atoms with Gasteiger partial charge in [0.1, 0.15) is 11.9 Å². The lowest BCUT2D eigenvalue weighted by Crippen LogP contribution is -2.33. The van der Waals surface area contributed by atoms with Crippen molar-refractivity contribution in [2.24, 2.45) is 5.92 Å². The molecule has 1 aliphatic heterocycles. The second-order valence-electron chi connectivity index (χ2n) is 6.16. The van der Waals surface area contributed by atoms with Crippen LogP contribution in [0.1, 0.15) is 44.2 Å². The summed E-state index contributed by atoms with van der Waals surface area (Å²) in [7, 11) is 0. The van der Waals surface area contributed by atoms with Crippen molar-refractivity contribution in [3.05, 3.63) is 70.5 Å². The van der Waals surface area contributed by atoms with Crippen LogP contribution in [0.2, 0.25) is 0 Å². The van der Waals surface area contributed by atoms with Crippen LogP contribution in [0, 0.1) is 23.1 Å². The van der Waals surface area contributed by atoms with Crippen LogP contribution in [0.25, 0.3) is 0 Å². The smallest absolute Gasteiger partial charge is 0.329 e. The Morgan fingerprint density at radius 1 is 1.15 bits per heavy atom. The average molecular weight is 350 g/mol. The number of benzene rings is 2. The normalized spacial score (nSPS) is 20.5. The highest BCUT2D eigenvalue weighted by Crippen LogP contribution is 2.48. The molecule has 128 valence electrons. The number of hydroxylamine groups is 2. The van der Waals surface area contributed by atoms with Crippen molar-refractivity contribution >= 4 is 17.8 Å². The molecule has 2 aliphatic rings. The van der Waals surface area contributed by atoms with Crippen LogP contribution in [0.15, 0.2) is 42.5 Å². The minimum absolute atomic E-state index is 0.0699. The molecule has 1 aliphatic carbocycles. The molecule has 0 saturated heterocycles. The molecule has 0 radical (unpaired) electrons. The second-order valence-corrected chi connectivity index (χ2v) is 6.16. The highest BCUT2D eigenvalue weighted by atomic mass is 19.1. The van der Waals surface area contributed by atoms with Gasteiger partial charge in [-0.2, -0.15) is 5.26 Å². The summed E-state index contributed by atoms with van der Waals surface area (Å²) in [5.74, 6) is -3.55. The van der Waals surface area contributed by atoms with Gasteiger partial charge in [0.15, 0.2) is 0 Å². The van der Waals surface area contributed by atoms with Crippen molar-refractivity contribution in [2.75, 3.05) is 0 Å². The molecule has 2 atom stereocenters. The van der Waals surface area contributed by atoms with Crippen molar-refractivity contribution in [1.29, 1.82) is 5.26 Å². The Balaban J connectivity index is 1.46. The van der Waals surface area contributed by atoms with Gasteiger partial charge in [0.2, 0.25) is 0 Å².